The van der Waals surface area contributed by atoms with Crippen molar-refractivity contribution in [1.29, 1.82) is 0 Å². The van der Waals surface area contributed by atoms with Gasteiger partial charge in [0.2, 0.25) is 29.5 Å². The summed E-state index contributed by atoms with van der Waals surface area (Å²) in [6.45, 7) is 18.0. The summed E-state index contributed by atoms with van der Waals surface area (Å²) in [5, 5.41) is 8.86. The second-order valence-electron chi connectivity index (χ2n) is 18.8. The van der Waals surface area contributed by atoms with Crippen LogP contribution in [0.15, 0.2) is 30.3 Å². The molecule has 1 aliphatic heterocycles. The lowest BCUT2D eigenvalue weighted by atomic mass is 9.89. The molecule has 0 aromatic heterocycles. The maximum atomic E-state index is 14.4. The maximum Gasteiger partial charge on any atom is 0.323 e. The number of amides is 5. The van der Waals surface area contributed by atoms with Crippen molar-refractivity contribution in [3.05, 3.63) is 35.9 Å². The molecule has 1 aromatic carbocycles. The van der Waals surface area contributed by atoms with E-state index in [0.717, 1.165) is 5.56 Å². The lowest BCUT2D eigenvalue weighted by molar-refractivity contribution is -0.148. The van der Waals surface area contributed by atoms with Gasteiger partial charge in [-0.1, -0.05) is 99.1 Å². The highest BCUT2D eigenvalue weighted by molar-refractivity contribution is 5.91. The number of nitrogens with one attached hydrogen (secondary N) is 3. The molecule has 0 radical (unpaired) electrons. The van der Waals surface area contributed by atoms with Gasteiger partial charge < -0.3 is 45.7 Å². The molecule has 2 rings (SSSR count). The molecule has 5 N–H and O–H groups in total. The van der Waals surface area contributed by atoms with E-state index in [1.807, 2.05) is 105 Å². The number of esters is 1. The number of benzene rings is 1. The minimum atomic E-state index is -0.916. The number of ether oxygens (including phenoxy) is 3. The fourth-order valence-corrected chi connectivity index (χ4v) is 8.72. The Bertz CT molecular complexity index is 1620. The van der Waals surface area contributed by atoms with Crippen LogP contribution in [0.4, 0.5) is 0 Å². The van der Waals surface area contributed by atoms with E-state index >= 15 is 0 Å². The Labute approximate surface area is 383 Å². The van der Waals surface area contributed by atoms with E-state index in [0.29, 0.717) is 32.2 Å². The zero-order chi connectivity index (χ0) is 48.4. The first kappa shape index (κ1) is 56.0. The molecule has 64 heavy (non-hydrogen) atoms. The zero-order valence-electron chi connectivity index (χ0n) is 41.3. The Morgan fingerprint density at radius 3 is 2.02 bits per heavy atom. The van der Waals surface area contributed by atoms with Gasteiger partial charge in [-0.05, 0) is 62.6 Å². The van der Waals surface area contributed by atoms with Gasteiger partial charge in [-0.3, -0.25) is 33.7 Å². The molecule has 16 heteroatoms. The van der Waals surface area contributed by atoms with Crippen molar-refractivity contribution >= 4 is 35.5 Å². The van der Waals surface area contributed by atoms with Gasteiger partial charge in [0, 0.05) is 40.8 Å². The van der Waals surface area contributed by atoms with Crippen molar-refractivity contribution in [3.8, 4) is 0 Å². The number of hydrogen-bond donors (Lipinski definition) is 4. The molecule has 5 amide bonds. The van der Waals surface area contributed by atoms with Crippen LogP contribution in [0.3, 0.4) is 0 Å². The molecule has 0 aliphatic carbocycles. The van der Waals surface area contributed by atoms with Gasteiger partial charge >= 0.3 is 5.97 Å². The number of hydrogen-bond acceptors (Lipinski definition) is 11. The van der Waals surface area contributed by atoms with Crippen LogP contribution in [-0.4, -0.2) is 154 Å². The molecule has 10 atom stereocenters. The fraction of sp³-hybridized carbons (Fsp3) is 0.750. The number of likely N-dealkylation sites (tertiary alicyclic amines) is 1. The third kappa shape index (κ3) is 16.1. The van der Waals surface area contributed by atoms with Crippen LogP contribution in [0.1, 0.15) is 100.0 Å². The highest BCUT2D eigenvalue weighted by Gasteiger charge is 2.43. The number of nitrogens with zero attached hydrogens (tertiary/aromatic N) is 3. The van der Waals surface area contributed by atoms with E-state index in [1.165, 1.54) is 7.11 Å². The zero-order valence-corrected chi connectivity index (χ0v) is 41.3. The summed E-state index contributed by atoms with van der Waals surface area (Å²) in [6.07, 6.45) is 1.23. The number of likely N-dealkylation sites (N-methyl/N-ethyl adjacent to an activating group) is 2. The highest BCUT2D eigenvalue weighted by Crippen LogP contribution is 2.30. The number of nitrogens with two attached hydrogens (primary N) is 1. The van der Waals surface area contributed by atoms with E-state index < -0.39 is 66.3 Å². The van der Waals surface area contributed by atoms with E-state index in [2.05, 4.69) is 16.0 Å². The lowest BCUT2D eigenvalue weighted by Gasteiger charge is -2.41. The summed E-state index contributed by atoms with van der Waals surface area (Å²) in [4.78, 5) is 87.3. The van der Waals surface area contributed by atoms with Crippen molar-refractivity contribution in [2.45, 2.75) is 149 Å². The van der Waals surface area contributed by atoms with Crippen LogP contribution >= 0.6 is 0 Å². The quantitative estimate of drug-likeness (QED) is 0.0745. The van der Waals surface area contributed by atoms with Crippen molar-refractivity contribution in [2.75, 3.05) is 55.1 Å². The molecule has 1 fully saturated rings. The molecule has 0 spiro atoms. The molecular weight excluding hydrogens is 819 g/mol. The van der Waals surface area contributed by atoms with Gasteiger partial charge in [-0.25, -0.2) is 0 Å². The van der Waals surface area contributed by atoms with Crippen molar-refractivity contribution < 1.29 is 43.0 Å². The first-order valence-corrected chi connectivity index (χ1v) is 23.3. The van der Waals surface area contributed by atoms with Crippen molar-refractivity contribution in [1.82, 2.24) is 30.7 Å². The van der Waals surface area contributed by atoms with Crippen molar-refractivity contribution in [2.24, 2.45) is 35.3 Å². The number of carbonyl (C=O) groups is 6. The normalized spacial score (nSPS) is 18.4. The second kappa shape index (κ2) is 27.4. The summed E-state index contributed by atoms with van der Waals surface area (Å²) in [6, 6.07) is 5.60. The molecule has 0 bridgehead atoms. The van der Waals surface area contributed by atoms with Crippen LogP contribution in [0.25, 0.3) is 0 Å². The largest absolute Gasteiger partial charge is 0.464 e. The summed E-state index contributed by atoms with van der Waals surface area (Å²) in [5.74, 6) is -2.99. The Kier molecular flexibility index (Phi) is 24.0. The monoisotopic (exact) mass is 902 g/mol. The topological polar surface area (TPSA) is 202 Å². The predicted molar refractivity (Wildman–Crippen MR) is 249 cm³/mol. The Morgan fingerprint density at radius 1 is 0.844 bits per heavy atom. The molecular formula is C48H83N7O9. The number of carbonyl (C=O) groups excluding carboxylic acids is 6. The minimum Gasteiger partial charge on any atom is -0.464 e. The van der Waals surface area contributed by atoms with E-state index in [9.17, 15) is 28.8 Å². The van der Waals surface area contributed by atoms with E-state index in [-0.39, 0.29) is 73.3 Å². The van der Waals surface area contributed by atoms with Gasteiger partial charge in [0.05, 0.1) is 49.3 Å². The Morgan fingerprint density at radius 2 is 1.48 bits per heavy atom. The second-order valence-corrected chi connectivity index (χ2v) is 18.8. The van der Waals surface area contributed by atoms with Crippen LogP contribution in [0, 0.1) is 29.6 Å². The standard InChI is InChI=1S/C48H83N7O9/c1-15-32(8)42(54(12)47(60)40(30(4)5)52-46(59)41(31(6)7)53(10)11)37(62-13)28-38(56)55-25-19-23-36(55)43(63-14)33(9)44(57)51-35(27-34-21-17-16-18-22-34)45(58)50-24-20-26-64-48(61)39(49)29(2)3/h16-18,21-22,29-33,35-37,39-43H,15,19-20,23-28,49H2,1-14H3,(H,50,58)(H,51,57)(H,52,59)/t32-,33+,35-,36-,37+,39?,40-,41?,42-,43+/m0/s1. The summed E-state index contributed by atoms with van der Waals surface area (Å²) in [5.41, 5.74) is 6.73. The highest BCUT2D eigenvalue weighted by atomic mass is 16.5. The molecule has 0 saturated carbocycles. The summed E-state index contributed by atoms with van der Waals surface area (Å²) in [7, 11) is 8.48. The maximum absolute atomic E-state index is 14.4. The fourth-order valence-electron chi connectivity index (χ4n) is 8.72. The first-order valence-electron chi connectivity index (χ1n) is 23.3. The van der Waals surface area contributed by atoms with Gasteiger partial charge in [-0.15, -0.1) is 0 Å². The minimum absolute atomic E-state index is 0.0194. The summed E-state index contributed by atoms with van der Waals surface area (Å²) < 4.78 is 17.3. The molecule has 16 nitrogen and oxygen atoms in total. The molecule has 364 valence electrons. The van der Waals surface area contributed by atoms with Gasteiger partial charge in [0.1, 0.15) is 18.1 Å². The lowest BCUT2D eigenvalue weighted by Crippen LogP contribution is -2.59. The Hall–Kier alpha value is -4.12. The third-order valence-corrected chi connectivity index (χ3v) is 12.7. The summed E-state index contributed by atoms with van der Waals surface area (Å²) >= 11 is 0. The SMILES string of the molecule is CC[C@H](C)[C@@H]([C@@H](CC(=O)N1CCC[C@H]1[C@H](OC)[C@@H](C)C(=O)N[C@@H](Cc1ccccc1)C(=O)NCCCOC(=O)C(N)C(C)C)OC)N(C)C(=O)[C@@H](NC(=O)C(C(C)C)N(C)C)C(C)C. The molecule has 2 unspecified atom stereocenters. The van der Waals surface area contributed by atoms with Crippen LogP contribution in [0.5, 0.6) is 0 Å². The molecule has 1 heterocycles. The van der Waals surface area contributed by atoms with Gasteiger partial charge in [0.25, 0.3) is 0 Å². The van der Waals surface area contributed by atoms with Crippen LogP contribution in [0.2, 0.25) is 0 Å². The van der Waals surface area contributed by atoms with Gasteiger partial charge in [-0.2, -0.15) is 0 Å². The first-order chi connectivity index (χ1) is 30.1. The molecule has 1 saturated heterocycles. The van der Waals surface area contributed by atoms with Crippen molar-refractivity contribution in [3.63, 3.8) is 0 Å². The average molecular weight is 902 g/mol. The van der Waals surface area contributed by atoms with Crippen LogP contribution < -0.4 is 21.7 Å². The van der Waals surface area contributed by atoms with Crippen LogP contribution in [-0.2, 0) is 49.4 Å². The third-order valence-electron chi connectivity index (χ3n) is 12.7. The average Bonchev–Trinajstić information content (AvgIpc) is 3.73. The van der Waals surface area contributed by atoms with Gasteiger partial charge in [0.15, 0.2) is 0 Å². The number of rotatable bonds is 27. The predicted octanol–water partition coefficient (Wildman–Crippen LogP) is 3.39. The smallest absolute Gasteiger partial charge is 0.323 e. The van der Waals surface area contributed by atoms with E-state index in [1.54, 1.807) is 30.9 Å². The molecule has 1 aliphatic rings. The molecule has 1 aromatic rings. The van der Waals surface area contributed by atoms with E-state index in [4.69, 9.17) is 19.9 Å². The Balaban J connectivity index is 2.25. The number of methoxy groups -OCH3 is 2.